The molecule has 2 fully saturated rings. The van der Waals surface area contributed by atoms with Crippen LogP contribution in [0.25, 0.3) is 5.69 Å². The zero-order valence-corrected chi connectivity index (χ0v) is 24.4. The van der Waals surface area contributed by atoms with Crippen molar-refractivity contribution in [2.75, 3.05) is 55.1 Å². The molecule has 2 unspecified atom stereocenters. The van der Waals surface area contributed by atoms with Crippen LogP contribution in [-0.4, -0.2) is 55.1 Å². The maximum atomic E-state index is 5.97. The lowest BCUT2D eigenvalue weighted by atomic mass is 9.96. The summed E-state index contributed by atoms with van der Waals surface area (Å²) >= 11 is 5.97. The lowest BCUT2D eigenvalue weighted by Gasteiger charge is -2.29. The van der Waals surface area contributed by atoms with E-state index in [9.17, 15) is 0 Å². The monoisotopic (exact) mass is 552 g/mol. The standard InChI is InChI=1S/C32H36N6OS/c1-22-21-28(23(2)37(22)26-14-10-25(11-15-26)36-17-19-39-20-18-36)31-30(29-7-5-6-16-33-29)34-32(40)38(31)27-12-8-24(9-13-27)35(3)4/h5-16,21,30-31H,17-20H2,1-4H3,(H,34,40). The highest BCUT2D eigenvalue weighted by molar-refractivity contribution is 7.80. The van der Waals surface area contributed by atoms with Gasteiger partial charge in [-0.05, 0) is 98.4 Å². The predicted octanol–water partition coefficient (Wildman–Crippen LogP) is 5.57. The molecule has 7 nitrogen and oxygen atoms in total. The van der Waals surface area contributed by atoms with Crippen LogP contribution < -0.4 is 20.0 Å². The van der Waals surface area contributed by atoms with Gasteiger partial charge in [-0.3, -0.25) is 4.98 Å². The second-order valence-corrected chi connectivity index (χ2v) is 11.1. The highest BCUT2D eigenvalue weighted by Gasteiger charge is 2.42. The molecule has 8 heteroatoms. The highest BCUT2D eigenvalue weighted by Crippen LogP contribution is 2.44. The third-order valence-electron chi connectivity index (χ3n) is 8.02. The van der Waals surface area contributed by atoms with E-state index in [1.165, 1.54) is 22.6 Å². The largest absolute Gasteiger partial charge is 0.378 e. The van der Waals surface area contributed by atoms with Gasteiger partial charge in [-0.2, -0.15) is 0 Å². The molecule has 2 aromatic heterocycles. The van der Waals surface area contributed by atoms with E-state index in [0.29, 0.717) is 5.11 Å². The number of nitrogens with one attached hydrogen (secondary N) is 1. The quantitative estimate of drug-likeness (QED) is 0.314. The van der Waals surface area contributed by atoms with Crippen molar-refractivity contribution in [3.05, 3.63) is 102 Å². The van der Waals surface area contributed by atoms with Gasteiger partial charge >= 0.3 is 0 Å². The molecule has 2 aliphatic rings. The summed E-state index contributed by atoms with van der Waals surface area (Å²) < 4.78 is 7.88. The lowest BCUT2D eigenvalue weighted by Crippen LogP contribution is -2.36. The number of aromatic nitrogens is 2. The number of rotatable bonds is 6. The van der Waals surface area contributed by atoms with Gasteiger partial charge in [0.25, 0.3) is 0 Å². The number of hydrogen-bond acceptors (Lipinski definition) is 5. The Morgan fingerprint density at radius 2 is 1.57 bits per heavy atom. The van der Waals surface area contributed by atoms with Gasteiger partial charge in [-0.25, -0.2) is 0 Å². The molecular formula is C32H36N6OS. The Bertz CT molecular complexity index is 1480. The Morgan fingerprint density at radius 3 is 2.23 bits per heavy atom. The summed E-state index contributed by atoms with van der Waals surface area (Å²) in [6.07, 6.45) is 1.85. The van der Waals surface area contributed by atoms with Crippen molar-refractivity contribution in [2.24, 2.45) is 0 Å². The van der Waals surface area contributed by atoms with E-state index in [2.05, 4.69) is 113 Å². The normalized spacial score (nSPS) is 19.1. The van der Waals surface area contributed by atoms with Gasteiger partial charge in [-0.1, -0.05) is 6.07 Å². The number of pyridine rings is 1. The summed E-state index contributed by atoms with van der Waals surface area (Å²) in [4.78, 5) is 11.5. The van der Waals surface area contributed by atoms with Crippen LogP contribution in [0.4, 0.5) is 17.1 Å². The van der Waals surface area contributed by atoms with E-state index < -0.39 is 0 Å². The zero-order chi connectivity index (χ0) is 27.8. The number of aryl methyl sites for hydroxylation is 1. The fourth-order valence-electron chi connectivity index (χ4n) is 5.98. The first-order valence-corrected chi connectivity index (χ1v) is 14.2. The molecule has 2 saturated heterocycles. The number of ether oxygens (including phenoxy) is 1. The molecule has 0 aliphatic carbocycles. The smallest absolute Gasteiger partial charge is 0.174 e. The van der Waals surface area contributed by atoms with Crippen molar-refractivity contribution in [3.8, 4) is 5.69 Å². The Hall–Kier alpha value is -3.88. The molecule has 0 amide bonds. The predicted molar refractivity (Wildman–Crippen MR) is 167 cm³/mol. The van der Waals surface area contributed by atoms with Crippen molar-refractivity contribution >= 4 is 34.4 Å². The fraction of sp³-hybridized carbons (Fsp3) is 0.312. The highest BCUT2D eigenvalue weighted by atomic mass is 32.1. The minimum Gasteiger partial charge on any atom is -0.378 e. The first-order valence-electron chi connectivity index (χ1n) is 13.8. The van der Waals surface area contributed by atoms with Gasteiger partial charge in [0.1, 0.15) is 0 Å². The fourth-order valence-corrected chi connectivity index (χ4v) is 6.32. The summed E-state index contributed by atoms with van der Waals surface area (Å²) in [5.74, 6) is 0. The average Bonchev–Trinajstić information content (AvgIpc) is 3.48. The van der Waals surface area contributed by atoms with Gasteiger partial charge in [0, 0.05) is 67.5 Å². The van der Waals surface area contributed by atoms with E-state index >= 15 is 0 Å². The maximum Gasteiger partial charge on any atom is 0.174 e. The third-order valence-corrected chi connectivity index (χ3v) is 8.33. The van der Waals surface area contributed by atoms with Crippen LogP contribution in [0.3, 0.4) is 0 Å². The summed E-state index contributed by atoms with van der Waals surface area (Å²) in [5.41, 5.74) is 9.20. The van der Waals surface area contributed by atoms with Crippen LogP contribution in [0.1, 0.15) is 34.7 Å². The van der Waals surface area contributed by atoms with E-state index in [4.69, 9.17) is 21.9 Å². The number of hydrogen-bond donors (Lipinski definition) is 1. The summed E-state index contributed by atoms with van der Waals surface area (Å²) in [7, 11) is 4.11. The Kier molecular flexibility index (Phi) is 7.21. The molecule has 40 heavy (non-hydrogen) atoms. The van der Waals surface area contributed by atoms with E-state index in [1.54, 1.807) is 0 Å². The molecule has 0 saturated carbocycles. The zero-order valence-electron chi connectivity index (χ0n) is 23.5. The number of thiocarbonyl (C=S) groups is 1. The molecule has 206 valence electrons. The van der Waals surface area contributed by atoms with Crippen LogP contribution >= 0.6 is 12.2 Å². The van der Waals surface area contributed by atoms with Gasteiger partial charge in [0.05, 0.1) is 31.0 Å². The number of morpholine rings is 1. The van der Waals surface area contributed by atoms with Crippen LogP contribution in [0.15, 0.2) is 79.0 Å². The van der Waals surface area contributed by atoms with Crippen molar-refractivity contribution in [3.63, 3.8) is 0 Å². The third kappa shape index (κ3) is 4.82. The van der Waals surface area contributed by atoms with Gasteiger partial charge in [-0.15, -0.1) is 0 Å². The van der Waals surface area contributed by atoms with Crippen LogP contribution in [0, 0.1) is 13.8 Å². The summed E-state index contributed by atoms with van der Waals surface area (Å²) in [6.45, 7) is 7.81. The molecule has 0 radical (unpaired) electrons. The lowest BCUT2D eigenvalue weighted by molar-refractivity contribution is 0.122. The number of nitrogens with zero attached hydrogens (tertiary/aromatic N) is 5. The van der Waals surface area contributed by atoms with Gasteiger partial charge in [0.15, 0.2) is 5.11 Å². The molecule has 0 bridgehead atoms. The van der Waals surface area contributed by atoms with E-state index in [-0.39, 0.29) is 12.1 Å². The molecule has 4 aromatic rings. The molecule has 4 heterocycles. The molecular weight excluding hydrogens is 516 g/mol. The molecule has 6 rings (SSSR count). The van der Waals surface area contributed by atoms with Gasteiger partial charge in [0.2, 0.25) is 0 Å². The van der Waals surface area contributed by atoms with E-state index in [1.807, 2.05) is 18.3 Å². The second kappa shape index (κ2) is 10.9. The van der Waals surface area contributed by atoms with Crippen molar-refractivity contribution in [2.45, 2.75) is 25.9 Å². The summed E-state index contributed by atoms with van der Waals surface area (Å²) in [5, 5.41) is 4.31. The van der Waals surface area contributed by atoms with Gasteiger partial charge < -0.3 is 29.3 Å². The minimum absolute atomic E-state index is 0.0554. The van der Waals surface area contributed by atoms with Crippen molar-refractivity contribution < 1.29 is 4.74 Å². The Morgan fingerprint density at radius 1 is 0.900 bits per heavy atom. The molecule has 2 atom stereocenters. The number of anilines is 3. The molecule has 0 spiro atoms. The first-order chi connectivity index (χ1) is 19.4. The maximum absolute atomic E-state index is 5.97. The second-order valence-electron chi connectivity index (χ2n) is 10.7. The first kappa shape index (κ1) is 26.3. The molecule has 2 aliphatic heterocycles. The van der Waals surface area contributed by atoms with Crippen LogP contribution in [-0.2, 0) is 4.74 Å². The van der Waals surface area contributed by atoms with E-state index in [0.717, 1.165) is 49.1 Å². The Balaban J connectivity index is 1.40. The van der Waals surface area contributed by atoms with Crippen LogP contribution in [0.2, 0.25) is 0 Å². The van der Waals surface area contributed by atoms with Crippen molar-refractivity contribution in [1.29, 1.82) is 0 Å². The Labute approximate surface area is 242 Å². The SMILES string of the molecule is Cc1cc(C2C(c3ccccn3)NC(=S)N2c2ccc(N(C)C)cc2)c(C)n1-c1ccc(N2CCOCC2)cc1. The average molecular weight is 553 g/mol. The minimum atomic E-state index is -0.0835. The molecule has 1 N–H and O–H groups in total. The molecule has 2 aromatic carbocycles. The van der Waals surface area contributed by atoms with Crippen molar-refractivity contribution in [1.82, 2.24) is 14.9 Å². The summed E-state index contributed by atoms with van der Waals surface area (Å²) in [6, 6.07) is 25.7. The van der Waals surface area contributed by atoms with Crippen LogP contribution in [0.5, 0.6) is 0 Å². The number of benzene rings is 2. The topological polar surface area (TPSA) is 48.8 Å².